The van der Waals surface area contributed by atoms with E-state index in [4.69, 9.17) is 4.74 Å². The first kappa shape index (κ1) is 18.7. The molecule has 2 amide bonds. The maximum Gasteiger partial charge on any atom is 0.326 e. The average Bonchev–Trinajstić information content (AvgIpc) is 2.34. The number of carboxylic acid groups (broad SMARTS) is 1. The summed E-state index contributed by atoms with van der Waals surface area (Å²) < 4.78 is 5.00. The molecule has 20 heavy (non-hydrogen) atoms. The van der Waals surface area contributed by atoms with Crippen LogP contribution in [0.3, 0.4) is 0 Å². The Balaban J connectivity index is 4.92. The minimum Gasteiger partial charge on any atom is -0.480 e. The number of hydrogen-bond acceptors (Lipinski definition) is 3. The van der Waals surface area contributed by atoms with Gasteiger partial charge in [-0.25, -0.2) is 9.59 Å². The van der Waals surface area contributed by atoms with Gasteiger partial charge in [0.2, 0.25) is 0 Å². The number of carboxylic acids is 1. The fraction of sp³-hybridized carbons (Fsp3) is 0.857. The van der Waals surface area contributed by atoms with Crippen LogP contribution in [0.2, 0.25) is 0 Å². The summed E-state index contributed by atoms with van der Waals surface area (Å²) in [5.74, 6) is -1.03. The molecule has 0 aliphatic carbocycles. The molecule has 0 spiro atoms. The quantitative estimate of drug-likeness (QED) is 0.750. The molecular weight excluding hydrogens is 260 g/mol. The molecule has 0 aliphatic heterocycles. The molecular formula is C14H28N2O4. The predicted octanol–water partition coefficient (Wildman–Crippen LogP) is 1.94. The highest BCUT2D eigenvalue weighted by atomic mass is 16.5. The minimum absolute atomic E-state index is 0.0274. The summed E-state index contributed by atoms with van der Waals surface area (Å²) in [4.78, 5) is 25.2. The van der Waals surface area contributed by atoms with Crippen LogP contribution in [0.25, 0.3) is 0 Å². The number of carbonyl (C=O) groups is 2. The van der Waals surface area contributed by atoms with Gasteiger partial charge in [0.15, 0.2) is 0 Å². The summed E-state index contributed by atoms with van der Waals surface area (Å²) in [5.41, 5.74) is -0.552. The topological polar surface area (TPSA) is 78.9 Å². The van der Waals surface area contributed by atoms with Crippen molar-refractivity contribution >= 4 is 12.0 Å². The first-order chi connectivity index (χ1) is 9.15. The van der Waals surface area contributed by atoms with E-state index in [0.717, 1.165) is 6.42 Å². The van der Waals surface area contributed by atoms with E-state index in [1.807, 2.05) is 13.8 Å². The summed E-state index contributed by atoms with van der Waals surface area (Å²) in [6, 6.07) is -1.26. The van der Waals surface area contributed by atoms with E-state index in [-0.39, 0.29) is 12.1 Å². The van der Waals surface area contributed by atoms with Crippen LogP contribution in [-0.2, 0) is 9.53 Å². The third-order valence-electron chi connectivity index (χ3n) is 3.30. The lowest BCUT2D eigenvalue weighted by molar-refractivity contribution is -0.142. The molecule has 0 aromatic heterocycles. The van der Waals surface area contributed by atoms with Crippen LogP contribution in [-0.4, -0.2) is 54.4 Å². The van der Waals surface area contributed by atoms with Crippen LogP contribution in [0, 0.1) is 5.41 Å². The van der Waals surface area contributed by atoms with E-state index >= 15 is 0 Å². The first-order valence-electron chi connectivity index (χ1n) is 6.94. The van der Waals surface area contributed by atoms with Crippen molar-refractivity contribution in [2.75, 3.05) is 20.3 Å². The van der Waals surface area contributed by atoms with Gasteiger partial charge in [-0.3, -0.25) is 0 Å². The molecule has 2 unspecified atom stereocenters. The Morgan fingerprint density at radius 2 is 1.90 bits per heavy atom. The van der Waals surface area contributed by atoms with Crippen LogP contribution >= 0.6 is 0 Å². The van der Waals surface area contributed by atoms with Crippen molar-refractivity contribution in [3.05, 3.63) is 0 Å². The van der Waals surface area contributed by atoms with Crippen molar-refractivity contribution < 1.29 is 19.4 Å². The molecule has 0 saturated carbocycles. The van der Waals surface area contributed by atoms with Gasteiger partial charge in [-0.05, 0) is 18.8 Å². The number of urea groups is 1. The number of aliphatic carboxylic acids is 1. The summed E-state index contributed by atoms with van der Waals surface area (Å²) in [7, 11) is 1.57. The number of nitrogens with one attached hydrogen (secondary N) is 1. The lowest BCUT2D eigenvalue weighted by Crippen LogP contribution is -2.55. The predicted molar refractivity (Wildman–Crippen MR) is 77.7 cm³/mol. The van der Waals surface area contributed by atoms with Gasteiger partial charge in [0, 0.05) is 19.7 Å². The third-order valence-corrected chi connectivity index (χ3v) is 3.30. The molecule has 0 aromatic carbocycles. The zero-order chi connectivity index (χ0) is 15.9. The van der Waals surface area contributed by atoms with Gasteiger partial charge in [-0.15, -0.1) is 0 Å². The fourth-order valence-electron chi connectivity index (χ4n) is 1.79. The molecule has 0 aromatic rings. The molecule has 0 aliphatic rings. The van der Waals surface area contributed by atoms with Gasteiger partial charge in [-0.2, -0.15) is 0 Å². The van der Waals surface area contributed by atoms with Crippen molar-refractivity contribution in [1.82, 2.24) is 10.2 Å². The Kier molecular flexibility index (Phi) is 7.57. The molecule has 6 nitrogen and oxygen atoms in total. The second-order valence-corrected chi connectivity index (χ2v) is 6.03. The molecule has 0 bridgehead atoms. The van der Waals surface area contributed by atoms with Crippen LogP contribution in [0.15, 0.2) is 0 Å². The highest BCUT2D eigenvalue weighted by molar-refractivity contribution is 5.83. The van der Waals surface area contributed by atoms with Crippen LogP contribution in [0.1, 0.15) is 41.0 Å². The van der Waals surface area contributed by atoms with Gasteiger partial charge < -0.3 is 20.1 Å². The standard InChI is InChI=1S/C14H28N2O4/c1-7-10(2)16(8-9-20-6)13(19)15-11(12(17)18)14(3,4)5/h10-11H,7-9H2,1-6H3,(H,15,19)(H,17,18). The summed E-state index contributed by atoms with van der Waals surface area (Å²) >= 11 is 0. The molecule has 6 heteroatoms. The maximum atomic E-state index is 12.3. The van der Waals surface area contributed by atoms with Crippen LogP contribution in [0.5, 0.6) is 0 Å². The monoisotopic (exact) mass is 288 g/mol. The molecule has 0 saturated heterocycles. The minimum atomic E-state index is -1.03. The van der Waals surface area contributed by atoms with E-state index in [0.29, 0.717) is 13.2 Å². The summed E-state index contributed by atoms with van der Waals surface area (Å²) in [5, 5.41) is 11.9. The van der Waals surface area contributed by atoms with E-state index in [1.54, 1.807) is 32.8 Å². The highest BCUT2D eigenvalue weighted by Gasteiger charge is 2.34. The molecule has 0 radical (unpaired) electrons. The van der Waals surface area contributed by atoms with Crippen molar-refractivity contribution in [3.8, 4) is 0 Å². The van der Waals surface area contributed by atoms with Crippen molar-refractivity contribution in [3.63, 3.8) is 0 Å². The van der Waals surface area contributed by atoms with Gasteiger partial charge in [0.05, 0.1) is 6.61 Å². The molecule has 118 valence electrons. The van der Waals surface area contributed by atoms with Gasteiger partial charge in [0.1, 0.15) is 6.04 Å². The third kappa shape index (κ3) is 5.77. The van der Waals surface area contributed by atoms with E-state index in [2.05, 4.69) is 5.32 Å². The van der Waals surface area contributed by atoms with E-state index < -0.39 is 17.4 Å². The van der Waals surface area contributed by atoms with Crippen molar-refractivity contribution in [2.45, 2.75) is 53.1 Å². The summed E-state index contributed by atoms with van der Waals surface area (Å²) in [6.07, 6.45) is 0.796. The molecule has 0 heterocycles. The smallest absolute Gasteiger partial charge is 0.326 e. The Morgan fingerprint density at radius 1 is 1.35 bits per heavy atom. The number of ether oxygens (including phenoxy) is 1. The van der Waals surface area contributed by atoms with Crippen molar-refractivity contribution in [1.29, 1.82) is 0 Å². The Hall–Kier alpha value is -1.30. The highest BCUT2D eigenvalue weighted by Crippen LogP contribution is 2.20. The number of carbonyl (C=O) groups excluding carboxylic acids is 1. The number of nitrogens with zero attached hydrogens (tertiary/aromatic N) is 1. The normalized spacial score (nSPS) is 14.5. The van der Waals surface area contributed by atoms with Gasteiger partial charge in [0.25, 0.3) is 0 Å². The number of rotatable bonds is 7. The molecule has 2 N–H and O–H groups in total. The first-order valence-corrected chi connectivity index (χ1v) is 6.94. The molecule has 0 fully saturated rings. The fourth-order valence-corrected chi connectivity index (χ4v) is 1.79. The van der Waals surface area contributed by atoms with E-state index in [9.17, 15) is 14.7 Å². The number of hydrogen-bond donors (Lipinski definition) is 2. The summed E-state index contributed by atoms with van der Waals surface area (Å²) in [6.45, 7) is 10.1. The van der Waals surface area contributed by atoms with Crippen LogP contribution in [0.4, 0.5) is 4.79 Å². The maximum absolute atomic E-state index is 12.3. The SMILES string of the molecule is CCC(C)N(CCOC)C(=O)NC(C(=O)O)C(C)(C)C. The Bertz CT molecular complexity index is 326. The second-order valence-electron chi connectivity index (χ2n) is 6.03. The van der Waals surface area contributed by atoms with Gasteiger partial charge in [-0.1, -0.05) is 27.7 Å². The lowest BCUT2D eigenvalue weighted by Gasteiger charge is -2.33. The van der Waals surface area contributed by atoms with E-state index in [1.165, 1.54) is 0 Å². The largest absolute Gasteiger partial charge is 0.480 e. The average molecular weight is 288 g/mol. The Labute approximate surface area is 121 Å². The Morgan fingerprint density at radius 3 is 2.25 bits per heavy atom. The van der Waals surface area contributed by atoms with Gasteiger partial charge >= 0.3 is 12.0 Å². The number of methoxy groups -OCH3 is 1. The number of amides is 2. The zero-order valence-electron chi connectivity index (χ0n) is 13.4. The zero-order valence-corrected chi connectivity index (χ0v) is 13.4. The lowest BCUT2D eigenvalue weighted by atomic mass is 9.87. The second kappa shape index (κ2) is 8.09. The van der Waals surface area contributed by atoms with Crippen LogP contribution < -0.4 is 5.32 Å². The molecule has 0 rings (SSSR count). The van der Waals surface area contributed by atoms with Crippen molar-refractivity contribution in [2.24, 2.45) is 5.41 Å². The molecule has 2 atom stereocenters.